The van der Waals surface area contributed by atoms with E-state index in [9.17, 15) is 14.4 Å². The average Bonchev–Trinajstić information content (AvgIpc) is 2.87. The van der Waals surface area contributed by atoms with Crippen LogP contribution in [0.5, 0.6) is 0 Å². The Labute approximate surface area is 118 Å². The quantitative estimate of drug-likeness (QED) is 0.590. The van der Waals surface area contributed by atoms with Crippen LogP contribution in [0.25, 0.3) is 0 Å². The molecule has 1 rings (SSSR count). The van der Waals surface area contributed by atoms with E-state index < -0.39 is 24.0 Å². The van der Waals surface area contributed by atoms with E-state index in [0.717, 1.165) is 0 Å². The lowest BCUT2D eigenvalue weighted by Crippen LogP contribution is -2.46. The molecule has 2 atom stereocenters. The highest BCUT2D eigenvalue weighted by molar-refractivity contribution is 7.09. The summed E-state index contributed by atoms with van der Waals surface area (Å²) in [6, 6.07) is -2.27. The van der Waals surface area contributed by atoms with Crippen molar-refractivity contribution in [3.63, 3.8) is 0 Å². The lowest BCUT2D eigenvalue weighted by atomic mass is 10.1. The van der Waals surface area contributed by atoms with Gasteiger partial charge in [-0.25, -0.2) is 14.6 Å². The molecule has 1 aromatic rings. The highest BCUT2D eigenvalue weighted by Gasteiger charge is 2.22. The number of hydrogen-bond donors (Lipinski definition) is 4. The van der Waals surface area contributed by atoms with E-state index in [0.29, 0.717) is 5.01 Å². The molecule has 2 amide bonds. The molecule has 0 aromatic carbocycles. The predicted molar refractivity (Wildman–Crippen MR) is 70.5 cm³/mol. The summed E-state index contributed by atoms with van der Waals surface area (Å²) in [5.74, 6) is -2.39. The second kappa shape index (κ2) is 7.43. The average molecular weight is 301 g/mol. The maximum Gasteiger partial charge on any atom is 0.326 e. The number of carboxylic acids is 2. The SMILES string of the molecule is CC(NC(=O)N[C@@H](CCC(=O)O)C(=O)O)c1nccs1. The fourth-order valence-corrected chi connectivity index (χ4v) is 2.08. The van der Waals surface area contributed by atoms with Crippen molar-refractivity contribution in [2.75, 3.05) is 0 Å². The molecule has 0 saturated carbocycles. The zero-order valence-electron chi connectivity index (χ0n) is 10.7. The van der Waals surface area contributed by atoms with Crippen LogP contribution in [0, 0.1) is 0 Å². The van der Waals surface area contributed by atoms with Crippen LogP contribution in [-0.4, -0.2) is 39.2 Å². The Hall–Kier alpha value is -2.16. The highest BCUT2D eigenvalue weighted by Crippen LogP contribution is 2.14. The Morgan fingerprint density at radius 1 is 1.35 bits per heavy atom. The van der Waals surface area contributed by atoms with E-state index >= 15 is 0 Å². The number of urea groups is 1. The molecule has 1 unspecified atom stereocenters. The largest absolute Gasteiger partial charge is 0.481 e. The molecule has 0 saturated heterocycles. The molecule has 0 radical (unpaired) electrons. The third kappa shape index (κ3) is 5.22. The molecule has 0 aliphatic heterocycles. The van der Waals surface area contributed by atoms with Gasteiger partial charge in [-0.15, -0.1) is 11.3 Å². The van der Waals surface area contributed by atoms with Gasteiger partial charge in [-0.1, -0.05) is 0 Å². The number of thiazole rings is 1. The Morgan fingerprint density at radius 2 is 2.05 bits per heavy atom. The molecule has 1 heterocycles. The summed E-state index contributed by atoms with van der Waals surface area (Å²) in [5.41, 5.74) is 0. The van der Waals surface area contributed by atoms with Gasteiger partial charge in [0.1, 0.15) is 11.0 Å². The van der Waals surface area contributed by atoms with Crippen molar-refractivity contribution in [2.45, 2.75) is 31.8 Å². The summed E-state index contributed by atoms with van der Waals surface area (Å²) in [7, 11) is 0. The smallest absolute Gasteiger partial charge is 0.326 e. The van der Waals surface area contributed by atoms with Crippen LogP contribution in [0.1, 0.15) is 30.8 Å². The molecule has 0 aliphatic carbocycles. The van der Waals surface area contributed by atoms with Gasteiger partial charge in [0.15, 0.2) is 0 Å². The topological polar surface area (TPSA) is 129 Å². The number of rotatable bonds is 7. The molecule has 0 bridgehead atoms. The number of aromatic nitrogens is 1. The van der Waals surface area contributed by atoms with Crippen molar-refractivity contribution in [2.24, 2.45) is 0 Å². The van der Waals surface area contributed by atoms with Crippen molar-refractivity contribution >= 4 is 29.3 Å². The molecule has 0 aliphatic rings. The number of amides is 2. The lowest BCUT2D eigenvalue weighted by Gasteiger charge is -2.16. The zero-order chi connectivity index (χ0) is 15.1. The summed E-state index contributed by atoms with van der Waals surface area (Å²) in [6.07, 6.45) is 1.09. The molecule has 1 aromatic heterocycles. The minimum Gasteiger partial charge on any atom is -0.481 e. The predicted octanol–water partition coefficient (Wildman–Crippen LogP) is 0.821. The van der Waals surface area contributed by atoms with Crippen molar-refractivity contribution in [1.82, 2.24) is 15.6 Å². The Balaban J connectivity index is 2.49. The van der Waals surface area contributed by atoms with Gasteiger partial charge in [0.2, 0.25) is 0 Å². The summed E-state index contributed by atoms with van der Waals surface area (Å²) in [6.45, 7) is 1.71. The third-order valence-electron chi connectivity index (χ3n) is 2.42. The summed E-state index contributed by atoms with van der Waals surface area (Å²) < 4.78 is 0. The van der Waals surface area contributed by atoms with Gasteiger partial charge in [0.25, 0.3) is 0 Å². The number of nitrogens with zero attached hydrogens (tertiary/aromatic N) is 1. The molecule has 8 nitrogen and oxygen atoms in total. The first-order chi connectivity index (χ1) is 9.40. The minimum atomic E-state index is -1.27. The fraction of sp³-hybridized carbons (Fsp3) is 0.455. The number of carbonyl (C=O) groups is 3. The van der Waals surface area contributed by atoms with E-state index in [-0.39, 0.29) is 18.9 Å². The van der Waals surface area contributed by atoms with E-state index in [2.05, 4.69) is 15.6 Å². The molecule has 0 spiro atoms. The van der Waals surface area contributed by atoms with Gasteiger partial charge in [0.05, 0.1) is 6.04 Å². The molecular formula is C11H15N3O5S. The molecule has 0 fully saturated rings. The third-order valence-corrected chi connectivity index (χ3v) is 3.38. The van der Waals surface area contributed by atoms with Crippen molar-refractivity contribution in [3.05, 3.63) is 16.6 Å². The maximum atomic E-state index is 11.7. The number of aliphatic carboxylic acids is 2. The summed E-state index contributed by atoms with van der Waals surface area (Å²) in [5, 5.41) is 24.7. The van der Waals surface area contributed by atoms with Crippen LogP contribution >= 0.6 is 11.3 Å². The first kappa shape index (κ1) is 15.9. The second-order valence-corrected chi connectivity index (χ2v) is 4.96. The maximum absolute atomic E-state index is 11.7. The van der Waals surface area contributed by atoms with Gasteiger partial charge >= 0.3 is 18.0 Å². The Kier molecular flexibility index (Phi) is 5.91. The first-order valence-corrected chi connectivity index (χ1v) is 6.69. The van der Waals surface area contributed by atoms with Crippen LogP contribution < -0.4 is 10.6 Å². The minimum absolute atomic E-state index is 0.177. The molecule has 9 heteroatoms. The van der Waals surface area contributed by atoms with Gasteiger partial charge in [0, 0.05) is 18.0 Å². The monoisotopic (exact) mass is 301 g/mol. The fourth-order valence-electron chi connectivity index (χ4n) is 1.43. The van der Waals surface area contributed by atoms with Gasteiger partial charge in [-0.05, 0) is 13.3 Å². The molecule has 4 N–H and O–H groups in total. The molecule has 20 heavy (non-hydrogen) atoms. The first-order valence-electron chi connectivity index (χ1n) is 5.81. The number of carbonyl (C=O) groups excluding carboxylic acids is 1. The van der Waals surface area contributed by atoms with Crippen molar-refractivity contribution in [3.8, 4) is 0 Å². The van der Waals surface area contributed by atoms with Crippen LogP contribution in [-0.2, 0) is 9.59 Å². The number of nitrogens with one attached hydrogen (secondary N) is 2. The van der Waals surface area contributed by atoms with Gasteiger partial charge in [-0.3, -0.25) is 4.79 Å². The molecular weight excluding hydrogens is 286 g/mol. The van der Waals surface area contributed by atoms with Crippen LogP contribution in [0.4, 0.5) is 4.79 Å². The number of hydrogen-bond acceptors (Lipinski definition) is 5. The lowest BCUT2D eigenvalue weighted by molar-refractivity contribution is -0.140. The number of carboxylic acid groups (broad SMARTS) is 2. The Morgan fingerprint density at radius 3 is 2.55 bits per heavy atom. The zero-order valence-corrected chi connectivity index (χ0v) is 11.5. The second-order valence-electron chi connectivity index (χ2n) is 4.03. The van der Waals surface area contributed by atoms with Crippen LogP contribution in [0.3, 0.4) is 0 Å². The Bertz CT molecular complexity index is 476. The standard InChI is InChI=1S/C11H15N3O5S/c1-6(9-12-4-5-20-9)13-11(19)14-7(10(17)18)2-3-8(15)16/h4-7H,2-3H2,1H3,(H,15,16)(H,17,18)(H2,13,14,19)/t6?,7-/m0/s1. The van der Waals surface area contributed by atoms with E-state index in [1.165, 1.54) is 11.3 Å². The molecule has 110 valence electrons. The summed E-state index contributed by atoms with van der Waals surface area (Å²) in [4.78, 5) is 37.0. The van der Waals surface area contributed by atoms with Crippen LogP contribution in [0.15, 0.2) is 11.6 Å². The normalized spacial score (nSPS) is 13.2. The van der Waals surface area contributed by atoms with E-state index in [1.807, 2.05) is 0 Å². The van der Waals surface area contributed by atoms with Crippen molar-refractivity contribution in [1.29, 1.82) is 0 Å². The highest BCUT2D eigenvalue weighted by atomic mass is 32.1. The van der Waals surface area contributed by atoms with Gasteiger partial charge < -0.3 is 20.8 Å². The summed E-state index contributed by atoms with van der Waals surface area (Å²) >= 11 is 1.36. The van der Waals surface area contributed by atoms with Gasteiger partial charge in [-0.2, -0.15) is 0 Å². The van der Waals surface area contributed by atoms with E-state index in [1.54, 1.807) is 18.5 Å². The van der Waals surface area contributed by atoms with Crippen LogP contribution in [0.2, 0.25) is 0 Å². The van der Waals surface area contributed by atoms with E-state index in [4.69, 9.17) is 10.2 Å². The van der Waals surface area contributed by atoms with Crippen molar-refractivity contribution < 1.29 is 24.6 Å².